The van der Waals surface area contributed by atoms with Crippen LogP contribution in [-0.2, 0) is 4.79 Å². The Hall–Kier alpha value is -0.570. The number of aliphatic hydroxyl groups excluding tert-OH is 1. The van der Waals surface area contributed by atoms with Crippen LogP contribution in [0.5, 0.6) is 0 Å². The molecule has 0 rings (SSSR count). The predicted molar refractivity (Wildman–Crippen MR) is 79.3 cm³/mol. The lowest BCUT2D eigenvalue weighted by Gasteiger charge is -2.10. The highest BCUT2D eigenvalue weighted by Crippen LogP contribution is 2.13. The molecule has 0 amide bonds. The molecule has 1 atom stereocenters. The fourth-order valence-electron chi connectivity index (χ4n) is 2.31. The van der Waals surface area contributed by atoms with Crippen LogP contribution in [0.25, 0.3) is 0 Å². The number of carboxylic acids is 1. The van der Waals surface area contributed by atoms with Crippen LogP contribution in [-0.4, -0.2) is 22.3 Å². The van der Waals surface area contributed by atoms with Gasteiger partial charge in [-0.3, -0.25) is 4.79 Å². The molecular weight excluding hydrogens is 240 g/mol. The normalized spacial score (nSPS) is 12.5. The highest BCUT2D eigenvalue weighted by atomic mass is 16.4. The van der Waals surface area contributed by atoms with Gasteiger partial charge in [-0.25, -0.2) is 0 Å². The van der Waals surface area contributed by atoms with Gasteiger partial charge in [0.15, 0.2) is 0 Å². The molecule has 19 heavy (non-hydrogen) atoms. The third-order valence-electron chi connectivity index (χ3n) is 3.57. The van der Waals surface area contributed by atoms with Crippen LogP contribution in [0.4, 0.5) is 0 Å². The van der Waals surface area contributed by atoms with Crippen LogP contribution in [0.3, 0.4) is 0 Å². The summed E-state index contributed by atoms with van der Waals surface area (Å²) in [4.78, 5) is 10.3. The molecule has 0 bridgehead atoms. The van der Waals surface area contributed by atoms with Gasteiger partial charge in [0.25, 0.3) is 0 Å². The lowest BCUT2D eigenvalue weighted by Crippen LogP contribution is -2.06. The predicted octanol–water partition coefficient (Wildman–Crippen LogP) is 4.52. The quantitative estimate of drug-likeness (QED) is 0.457. The number of carboxylic acid groups (broad SMARTS) is 1. The zero-order chi connectivity index (χ0) is 14.3. The van der Waals surface area contributed by atoms with E-state index >= 15 is 0 Å². The molecular formula is C16H32O3. The summed E-state index contributed by atoms with van der Waals surface area (Å²) in [7, 11) is 0. The van der Waals surface area contributed by atoms with E-state index in [0.717, 1.165) is 44.9 Å². The Balaban J connectivity index is 3.16. The second-order valence-corrected chi connectivity index (χ2v) is 5.56. The van der Waals surface area contributed by atoms with Crippen LogP contribution < -0.4 is 0 Å². The van der Waals surface area contributed by atoms with E-state index in [0.29, 0.717) is 0 Å². The maximum absolute atomic E-state index is 10.3. The summed E-state index contributed by atoms with van der Waals surface area (Å²) in [5.41, 5.74) is 0. The molecule has 0 saturated heterocycles. The fourth-order valence-corrected chi connectivity index (χ4v) is 2.31. The van der Waals surface area contributed by atoms with Crippen LogP contribution in [0, 0.1) is 0 Å². The topological polar surface area (TPSA) is 57.5 Å². The Morgan fingerprint density at radius 3 is 1.84 bits per heavy atom. The van der Waals surface area contributed by atoms with Crippen molar-refractivity contribution in [2.75, 3.05) is 0 Å². The van der Waals surface area contributed by atoms with Crippen molar-refractivity contribution in [1.82, 2.24) is 0 Å². The van der Waals surface area contributed by atoms with E-state index < -0.39 is 5.97 Å². The number of aliphatic carboxylic acids is 1. The molecule has 3 heteroatoms. The van der Waals surface area contributed by atoms with Gasteiger partial charge >= 0.3 is 5.97 Å². The van der Waals surface area contributed by atoms with E-state index in [9.17, 15) is 9.90 Å². The van der Waals surface area contributed by atoms with Crippen molar-refractivity contribution in [2.45, 2.75) is 96.5 Å². The molecule has 0 saturated carbocycles. The van der Waals surface area contributed by atoms with E-state index in [1.54, 1.807) is 0 Å². The van der Waals surface area contributed by atoms with E-state index in [2.05, 4.69) is 6.92 Å². The van der Waals surface area contributed by atoms with Gasteiger partial charge in [-0.15, -0.1) is 0 Å². The van der Waals surface area contributed by atoms with Crippen molar-refractivity contribution in [3.05, 3.63) is 0 Å². The molecule has 0 unspecified atom stereocenters. The average molecular weight is 272 g/mol. The summed E-state index contributed by atoms with van der Waals surface area (Å²) >= 11 is 0. The Morgan fingerprint density at radius 1 is 0.842 bits per heavy atom. The number of aliphatic hydroxyl groups is 1. The largest absolute Gasteiger partial charge is 0.481 e. The zero-order valence-corrected chi connectivity index (χ0v) is 12.6. The molecule has 0 aliphatic rings. The highest BCUT2D eigenvalue weighted by molar-refractivity contribution is 5.66. The third-order valence-corrected chi connectivity index (χ3v) is 3.57. The van der Waals surface area contributed by atoms with E-state index in [4.69, 9.17) is 5.11 Å². The zero-order valence-electron chi connectivity index (χ0n) is 12.6. The van der Waals surface area contributed by atoms with E-state index in [1.807, 2.05) is 0 Å². The first-order chi connectivity index (χ1) is 9.16. The van der Waals surface area contributed by atoms with Crippen LogP contribution in [0.1, 0.15) is 90.4 Å². The van der Waals surface area contributed by atoms with Gasteiger partial charge in [0, 0.05) is 6.42 Å². The highest BCUT2D eigenvalue weighted by Gasteiger charge is 2.04. The van der Waals surface area contributed by atoms with Gasteiger partial charge in [-0.1, -0.05) is 64.7 Å². The number of carbonyl (C=O) groups is 1. The van der Waals surface area contributed by atoms with Crippen LogP contribution in [0.15, 0.2) is 0 Å². The van der Waals surface area contributed by atoms with Crippen LogP contribution >= 0.6 is 0 Å². The van der Waals surface area contributed by atoms with E-state index in [-0.39, 0.29) is 12.5 Å². The van der Waals surface area contributed by atoms with Gasteiger partial charge in [-0.2, -0.15) is 0 Å². The maximum Gasteiger partial charge on any atom is 0.303 e. The van der Waals surface area contributed by atoms with Crippen LogP contribution in [0.2, 0.25) is 0 Å². The monoisotopic (exact) mass is 272 g/mol. The van der Waals surface area contributed by atoms with Crippen molar-refractivity contribution in [3.63, 3.8) is 0 Å². The molecule has 0 fully saturated rings. The molecule has 0 aliphatic carbocycles. The minimum Gasteiger partial charge on any atom is -0.481 e. The standard InChI is InChI=1S/C16H32O3/c1-2-3-4-5-6-9-12-15(17)13-10-7-8-11-14-16(18)19/h15,17H,2-14H2,1H3,(H,18,19)/t15-/m1/s1. The fraction of sp³-hybridized carbons (Fsp3) is 0.938. The van der Waals surface area contributed by atoms with Gasteiger partial charge in [0.05, 0.1) is 6.10 Å². The molecule has 0 aromatic carbocycles. The number of hydrogen-bond donors (Lipinski definition) is 2. The SMILES string of the molecule is CCCCCCCC[C@@H](O)CCCCCCC(=O)O. The summed E-state index contributed by atoms with van der Waals surface area (Å²) in [6, 6.07) is 0. The van der Waals surface area contributed by atoms with Crippen molar-refractivity contribution in [1.29, 1.82) is 0 Å². The first-order valence-corrected chi connectivity index (χ1v) is 8.06. The number of hydrogen-bond acceptors (Lipinski definition) is 2. The maximum atomic E-state index is 10.3. The molecule has 2 N–H and O–H groups in total. The van der Waals surface area contributed by atoms with Gasteiger partial charge in [0.2, 0.25) is 0 Å². The number of rotatable bonds is 14. The molecule has 114 valence electrons. The lowest BCUT2D eigenvalue weighted by molar-refractivity contribution is -0.137. The first kappa shape index (κ1) is 18.4. The molecule has 3 nitrogen and oxygen atoms in total. The van der Waals surface area contributed by atoms with Gasteiger partial charge in [0.1, 0.15) is 0 Å². The van der Waals surface area contributed by atoms with Crippen molar-refractivity contribution in [3.8, 4) is 0 Å². The first-order valence-electron chi connectivity index (χ1n) is 8.06. The second kappa shape index (κ2) is 13.9. The van der Waals surface area contributed by atoms with Gasteiger partial charge < -0.3 is 10.2 Å². The third kappa shape index (κ3) is 15.4. The second-order valence-electron chi connectivity index (χ2n) is 5.56. The number of unbranched alkanes of at least 4 members (excludes halogenated alkanes) is 8. The molecule has 0 aliphatic heterocycles. The van der Waals surface area contributed by atoms with Crippen molar-refractivity contribution < 1.29 is 15.0 Å². The average Bonchev–Trinajstić information content (AvgIpc) is 2.37. The Labute approximate surface area is 118 Å². The van der Waals surface area contributed by atoms with E-state index in [1.165, 1.54) is 32.1 Å². The smallest absolute Gasteiger partial charge is 0.303 e. The summed E-state index contributed by atoms with van der Waals surface area (Å²) in [5, 5.41) is 18.3. The molecule has 0 spiro atoms. The Kier molecular flexibility index (Phi) is 13.4. The molecule has 0 aromatic rings. The minimum absolute atomic E-state index is 0.148. The lowest BCUT2D eigenvalue weighted by atomic mass is 10.0. The van der Waals surface area contributed by atoms with Crippen molar-refractivity contribution in [2.24, 2.45) is 0 Å². The minimum atomic E-state index is -0.705. The summed E-state index contributed by atoms with van der Waals surface area (Å²) in [6.07, 6.45) is 13.4. The summed E-state index contributed by atoms with van der Waals surface area (Å²) < 4.78 is 0. The Morgan fingerprint density at radius 2 is 1.32 bits per heavy atom. The Bertz CT molecular complexity index is 204. The molecule has 0 heterocycles. The molecule has 0 radical (unpaired) electrons. The summed E-state index contributed by atoms with van der Waals surface area (Å²) in [6.45, 7) is 2.22. The summed E-state index contributed by atoms with van der Waals surface area (Å²) in [5.74, 6) is -0.705. The van der Waals surface area contributed by atoms with Crippen molar-refractivity contribution >= 4 is 5.97 Å². The van der Waals surface area contributed by atoms with Gasteiger partial charge in [-0.05, 0) is 19.3 Å². The molecule has 0 aromatic heterocycles.